The second kappa shape index (κ2) is 12.5. The molecule has 168 valence electrons. The van der Waals surface area contributed by atoms with E-state index < -0.39 is 0 Å². The van der Waals surface area contributed by atoms with E-state index in [9.17, 15) is 4.79 Å². The number of hydrogen-bond donors (Lipinski definition) is 3. The minimum atomic E-state index is -0.351. The highest BCUT2D eigenvalue weighted by Crippen LogP contribution is 2.26. The molecule has 6 nitrogen and oxygen atoms in total. The van der Waals surface area contributed by atoms with Gasteiger partial charge in [-0.15, -0.1) is 24.0 Å². The van der Waals surface area contributed by atoms with Crippen LogP contribution in [0.2, 0.25) is 10.0 Å². The highest BCUT2D eigenvalue weighted by atomic mass is 127. The van der Waals surface area contributed by atoms with E-state index in [1.807, 2.05) is 43.3 Å². The van der Waals surface area contributed by atoms with E-state index in [1.165, 1.54) is 0 Å². The number of carbonyl (C=O) groups is 1. The molecule has 1 fully saturated rings. The van der Waals surface area contributed by atoms with Crippen LogP contribution in [0.4, 0.5) is 5.69 Å². The molecule has 1 heterocycles. The highest BCUT2D eigenvalue weighted by molar-refractivity contribution is 14.0. The van der Waals surface area contributed by atoms with Crippen LogP contribution in [0, 0.1) is 0 Å². The number of hydrogen-bond acceptors (Lipinski definition) is 3. The van der Waals surface area contributed by atoms with E-state index in [4.69, 9.17) is 27.9 Å². The summed E-state index contributed by atoms with van der Waals surface area (Å²) in [6.45, 7) is 3.20. The number of halogens is 3. The van der Waals surface area contributed by atoms with Crippen LogP contribution in [-0.4, -0.2) is 31.6 Å². The Bertz CT molecular complexity index is 920. The summed E-state index contributed by atoms with van der Waals surface area (Å²) in [6.07, 6.45) is 1.34. The van der Waals surface area contributed by atoms with Gasteiger partial charge >= 0.3 is 0 Å². The molecule has 2 aromatic carbocycles. The predicted molar refractivity (Wildman–Crippen MR) is 138 cm³/mol. The van der Waals surface area contributed by atoms with Gasteiger partial charge in [0.15, 0.2) is 5.96 Å². The summed E-state index contributed by atoms with van der Waals surface area (Å²) in [5.74, 6) is 0.547. The minimum absolute atomic E-state index is 0. The van der Waals surface area contributed by atoms with Crippen LogP contribution in [0.1, 0.15) is 36.9 Å². The molecule has 3 rings (SSSR count). The Hall–Kier alpha value is -1.55. The summed E-state index contributed by atoms with van der Waals surface area (Å²) in [5, 5.41) is 10.7. The van der Waals surface area contributed by atoms with E-state index in [2.05, 4.69) is 20.9 Å². The van der Waals surface area contributed by atoms with Crippen molar-refractivity contribution in [2.24, 2.45) is 4.99 Å². The monoisotopic (exact) mass is 576 g/mol. The van der Waals surface area contributed by atoms with Gasteiger partial charge in [0.1, 0.15) is 6.10 Å². The molecule has 9 heteroatoms. The van der Waals surface area contributed by atoms with Crippen LogP contribution in [0.25, 0.3) is 0 Å². The molecule has 0 spiro atoms. The van der Waals surface area contributed by atoms with Gasteiger partial charge in [-0.3, -0.25) is 9.79 Å². The molecule has 1 aliphatic heterocycles. The van der Waals surface area contributed by atoms with Crippen molar-refractivity contribution < 1.29 is 9.53 Å². The van der Waals surface area contributed by atoms with Crippen LogP contribution < -0.4 is 16.0 Å². The standard InChI is InChI=1S/C22H26Cl2N4O2.HI/c1-14(18-9-8-16(23)12-19(18)24)27-22(25-2)26-13-15-5-3-6-17(11-15)28-21(29)20-7-4-10-30-20;/h3,5-6,8-9,11-12,14,20H,4,7,10,13H2,1-2H3,(H,28,29)(H2,25,26,27);1H. The number of rotatable bonds is 6. The fourth-order valence-corrected chi connectivity index (χ4v) is 3.85. The maximum Gasteiger partial charge on any atom is 0.253 e. The SMILES string of the molecule is CN=C(NCc1cccc(NC(=O)C2CCCO2)c1)NC(C)c1ccc(Cl)cc1Cl.I. The Morgan fingerprint density at radius 3 is 2.74 bits per heavy atom. The topological polar surface area (TPSA) is 74.8 Å². The smallest absolute Gasteiger partial charge is 0.253 e. The van der Waals surface area contributed by atoms with Gasteiger partial charge in [-0.05, 0) is 55.2 Å². The second-order valence-electron chi connectivity index (χ2n) is 7.15. The number of nitrogens with zero attached hydrogens (tertiary/aromatic N) is 1. The number of carbonyl (C=O) groups excluding carboxylic acids is 1. The number of amides is 1. The molecule has 1 aliphatic rings. The molecule has 1 saturated heterocycles. The number of benzene rings is 2. The Labute approximate surface area is 210 Å². The first-order valence-electron chi connectivity index (χ1n) is 9.90. The molecule has 0 aromatic heterocycles. The maximum absolute atomic E-state index is 12.2. The fraction of sp³-hybridized carbons (Fsp3) is 0.364. The zero-order valence-electron chi connectivity index (χ0n) is 17.5. The van der Waals surface area contributed by atoms with Crippen molar-refractivity contribution in [1.29, 1.82) is 0 Å². The Morgan fingerprint density at radius 2 is 2.06 bits per heavy atom. The van der Waals surface area contributed by atoms with Gasteiger partial charge in [-0.1, -0.05) is 41.4 Å². The van der Waals surface area contributed by atoms with Crippen LogP contribution in [0.15, 0.2) is 47.5 Å². The largest absolute Gasteiger partial charge is 0.368 e. The summed E-state index contributed by atoms with van der Waals surface area (Å²) in [4.78, 5) is 16.5. The van der Waals surface area contributed by atoms with Crippen molar-refractivity contribution in [3.05, 3.63) is 63.6 Å². The Morgan fingerprint density at radius 1 is 1.26 bits per heavy atom. The highest BCUT2D eigenvalue weighted by Gasteiger charge is 2.23. The molecule has 3 N–H and O–H groups in total. The lowest BCUT2D eigenvalue weighted by molar-refractivity contribution is -0.124. The lowest BCUT2D eigenvalue weighted by Gasteiger charge is -2.19. The van der Waals surface area contributed by atoms with Crippen LogP contribution in [-0.2, 0) is 16.1 Å². The molecule has 1 amide bonds. The molecule has 0 aliphatic carbocycles. The molecule has 0 saturated carbocycles. The summed E-state index contributed by atoms with van der Waals surface area (Å²) < 4.78 is 5.43. The molecular weight excluding hydrogens is 550 g/mol. The fourth-order valence-electron chi connectivity index (χ4n) is 3.28. The number of aliphatic imine (C=N–C) groups is 1. The third-order valence-corrected chi connectivity index (χ3v) is 5.44. The van der Waals surface area contributed by atoms with Crippen molar-refractivity contribution in [2.75, 3.05) is 19.0 Å². The third-order valence-electron chi connectivity index (χ3n) is 4.88. The van der Waals surface area contributed by atoms with Crippen molar-refractivity contribution in [2.45, 2.75) is 38.5 Å². The normalized spacial score (nSPS) is 16.9. The third kappa shape index (κ3) is 7.52. The molecular formula is C22H27Cl2IN4O2. The van der Waals surface area contributed by atoms with Gasteiger partial charge in [0.2, 0.25) is 0 Å². The average Bonchev–Trinajstić information content (AvgIpc) is 3.26. The lowest BCUT2D eigenvalue weighted by Crippen LogP contribution is -2.38. The number of ether oxygens (including phenoxy) is 1. The Kier molecular flexibility index (Phi) is 10.3. The van der Waals surface area contributed by atoms with Crippen molar-refractivity contribution in [1.82, 2.24) is 10.6 Å². The summed E-state index contributed by atoms with van der Waals surface area (Å²) in [7, 11) is 1.71. The van der Waals surface area contributed by atoms with E-state index >= 15 is 0 Å². The van der Waals surface area contributed by atoms with E-state index in [0.29, 0.717) is 29.2 Å². The molecule has 2 aromatic rings. The van der Waals surface area contributed by atoms with Gasteiger partial charge < -0.3 is 20.7 Å². The van der Waals surface area contributed by atoms with Crippen LogP contribution in [0.5, 0.6) is 0 Å². The van der Waals surface area contributed by atoms with Gasteiger partial charge in [0.25, 0.3) is 5.91 Å². The number of guanidine groups is 1. The van der Waals surface area contributed by atoms with Crippen molar-refractivity contribution in [3.8, 4) is 0 Å². The average molecular weight is 577 g/mol. The van der Waals surface area contributed by atoms with E-state index in [1.54, 1.807) is 13.1 Å². The zero-order chi connectivity index (χ0) is 21.5. The lowest BCUT2D eigenvalue weighted by atomic mass is 10.1. The number of anilines is 1. The van der Waals surface area contributed by atoms with Gasteiger partial charge in [0, 0.05) is 35.9 Å². The molecule has 2 atom stereocenters. The van der Waals surface area contributed by atoms with E-state index in [-0.39, 0.29) is 42.0 Å². The van der Waals surface area contributed by atoms with Crippen LogP contribution in [0.3, 0.4) is 0 Å². The molecule has 31 heavy (non-hydrogen) atoms. The molecule has 2 unspecified atom stereocenters. The van der Waals surface area contributed by atoms with E-state index in [0.717, 1.165) is 29.7 Å². The second-order valence-corrected chi connectivity index (χ2v) is 7.99. The predicted octanol–water partition coefficient (Wildman–Crippen LogP) is 5.16. The van der Waals surface area contributed by atoms with Gasteiger partial charge in [0.05, 0.1) is 6.04 Å². The summed E-state index contributed by atoms with van der Waals surface area (Å²) >= 11 is 12.3. The van der Waals surface area contributed by atoms with Crippen molar-refractivity contribution in [3.63, 3.8) is 0 Å². The quantitative estimate of drug-likeness (QED) is 0.252. The summed E-state index contributed by atoms with van der Waals surface area (Å²) in [5.41, 5.74) is 2.70. The van der Waals surface area contributed by atoms with Crippen LogP contribution >= 0.6 is 47.2 Å². The zero-order valence-corrected chi connectivity index (χ0v) is 21.3. The minimum Gasteiger partial charge on any atom is -0.368 e. The maximum atomic E-state index is 12.2. The molecule has 0 radical (unpaired) electrons. The number of nitrogens with one attached hydrogen (secondary N) is 3. The Balaban J connectivity index is 0.00000341. The van der Waals surface area contributed by atoms with Gasteiger partial charge in [-0.25, -0.2) is 0 Å². The first-order chi connectivity index (χ1) is 14.5. The molecule has 0 bridgehead atoms. The van der Waals surface area contributed by atoms with Crippen molar-refractivity contribution >= 4 is 64.7 Å². The van der Waals surface area contributed by atoms with Gasteiger partial charge in [-0.2, -0.15) is 0 Å². The summed E-state index contributed by atoms with van der Waals surface area (Å²) in [6, 6.07) is 13.1. The first kappa shape index (κ1) is 25.7. The first-order valence-corrected chi connectivity index (χ1v) is 10.7.